The number of fused-ring (bicyclic) bond motifs is 1. The first-order valence-electron chi connectivity index (χ1n) is 10.8. The number of carboxylic acid groups (broad SMARTS) is 1. The van der Waals surface area contributed by atoms with Gasteiger partial charge in [0.05, 0.1) is 17.6 Å². The van der Waals surface area contributed by atoms with Crippen LogP contribution in [0.4, 0.5) is 8.78 Å². The van der Waals surface area contributed by atoms with Crippen LogP contribution in [0.2, 0.25) is 0 Å². The van der Waals surface area contributed by atoms with Crippen LogP contribution in [-0.4, -0.2) is 34.8 Å². The molecule has 0 saturated heterocycles. The van der Waals surface area contributed by atoms with Crippen LogP contribution >= 0.6 is 0 Å². The van der Waals surface area contributed by atoms with Crippen molar-refractivity contribution in [2.24, 2.45) is 0 Å². The Labute approximate surface area is 189 Å². The molecule has 1 heterocycles. The lowest BCUT2D eigenvalue weighted by Crippen LogP contribution is -2.18. The normalized spacial score (nSPS) is 15.5. The molecule has 33 heavy (non-hydrogen) atoms. The van der Waals surface area contributed by atoms with E-state index in [0.717, 1.165) is 46.1 Å². The summed E-state index contributed by atoms with van der Waals surface area (Å²) in [5, 5.41) is 9.70. The minimum atomic E-state index is -1.66. The Morgan fingerprint density at radius 3 is 2.58 bits per heavy atom. The van der Waals surface area contributed by atoms with E-state index >= 15 is 0 Å². The SMILES string of the molecule is O=CO[C@H](/C=C/c1c(C2CC2)nc2ccccc2c1-c1ccc(F)cc1)C[C@H](F)CC(=O)O. The summed E-state index contributed by atoms with van der Waals surface area (Å²) in [6, 6.07) is 13.9. The molecule has 1 aromatic heterocycles. The number of aromatic nitrogens is 1. The Kier molecular flexibility index (Phi) is 6.77. The fourth-order valence-electron chi connectivity index (χ4n) is 3.99. The Hall–Kier alpha value is -3.61. The van der Waals surface area contributed by atoms with Gasteiger partial charge in [0.25, 0.3) is 6.47 Å². The van der Waals surface area contributed by atoms with Crippen molar-refractivity contribution in [3.63, 3.8) is 0 Å². The number of aliphatic carboxylic acids is 1. The van der Waals surface area contributed by atoms with Crippen LogP contribution in [0.1, 0.15) is 42.9 Å². The van der Waals surface area contributed by atoms with Crippen molar-refractivity contribution >= 4 is 29.4 Å². The van der Waals surface area contributed by atoms with E-state index in [-0.39, 0.29) is 24.6 Å². The zero-order valence-electron chi connectivity index (χ0n) is 17.8. The molecule has 4 rings (SSSR count). The molecule has 1 aliphatic rings. The fourth-order valence-corrected chi connectivity index (χ4v) is 3.99. The van der Waals surface area contributed by atoms with Crippen LogP contribution in [0.15, 0.2) is 54.6 Å². The molecule has 2 aromatic carbocycles. The zero-order chi connectivity index (χ0) is 23.4. The molecule has 0 aliphatic heterocycles. The number of carboxylic acids is 1. The highest BCUT2D eigenvalue weighted by atomic mass is 19.1. The molecule has 0 amide bonds. The van der Waals surface area contributed by atoms with Gasteiger partial charge in [-0.25, -0.2) is 8.78 Å². The first kappa shape index (κ1) is 22.6. The van der Waals surface area contributed by atoms with Gasteiger partial charge in [0, 0.05) is 28.9 Å². The predicted octanol–water partition coefficient (Wildman–Crippen LogP) is 5.68. The number of para-hydroxylation sites is 1. The number of nitrogens with zero attached hydrogens (tertiary/aromatic N) is 1. The third-order valence-corrected chi connectivity index (χ3v) is 5.65. The molecule has 3 aromatic rings. The molecule has 5 nitrogen and oxygen atoms in total. The molecular formula is C26H23F2NO4. The summed E-state index contributed by atoms with van der Waals surface area (Å²) in [6.45, 7) is 0.226. The predicted molar refractivity (Wildman–Crippen MR) is 121 cm³/mol. The zero-order valence-corrected chi connectivity index (χ0v) is 17.8. The van der Waals surface area contributed by atoms with Gasteiger partial charge in [0.2, 0.25) is 0 Å². The molecule has 7 heteroatoms. The van der Waals surface area contributed by atoms with Crippen molar-refractivity contribution in [2.45, 2.75) is 43.9 Å². The van der Waals surface area contributed by atoms with Crippen LogP contribution in [0, 0.1) is 5.82 Å². The summed E-state index contributed by atoms with van der Waals surface area (Å²) in [5.41, 5.74) is 4.18. The minimum Gasteiger partial charge on any atom is -0.481 e. The molecule has 0 bridgehead atoms. The third-order valence-electron chi connectivity index (χ3n) is 5.65. The van der Waals surface area contributed by atoms with Gasteiger partial charge in [-0.3, -0.25) is 14.6 Å². The van der Waals surface area contributed by atoms with Gasteiger partial charge in [-0.2, -0.15) is 0 Å². The summed E-state index contributed by atoms with van der Waals surface area (Å²) >= 11 is 0. The largest absolute Gasteiger partial charge is 0.481 e. The number of carbonyl (C=O) groups excluding carboxylic acids is 1. The Morgan fingerprint density at radius 2 is 1.91 bits per heavy atom. The topological polar surface area (TPSA) is 76.5 Å². The molecule has 1 saturated carbocycles. The molecule has 1 aliphatic carbocycles. The first-order chi connectivity index (χ1) is 16.0. The number of hydrogen-bond donors (Lipinski definition) is 1. The summed E-state index contributed by atoms with van der Waals surface area (Å²) < 4.78 is 32.7. The van der Waals surface area contributed by atoms with E-state index < -0.39 is 24.7 Å². The van der Waals surface area contributed by atoms with Gasteiger partial charge < -0.3 is 9.84 Å². The second kappa shape index (κ2) is 9.90. The van der Waals surface area contributed by atoms with E-state index in [4.69, 9.17) is 14.8 Å². The number of alkyl halides is 1. The van der Waals surface area contributed by atoms with Crippen molar-refractivity contribution in [1.29, 1.82) is 0 Å². The number of ether oxygens (including phenoxy) is 1. The van der Waals surface area contributed by atoms with Gasteiger partial charge >= 0.3 is 5.97 Å². The Bertz CT molecular complexity index is 1190. The van der Waals surface area contributed by atoms with Gasteiger partial charge in [-0.05, 0) is 42.7 Å². The van der Waals surface area contributed by atoms with Crippen molar-refractivity contribution in [1.82, 2.24) is 4.98 Å². The quantitative estimate of drug-likeness (QED) is 0.402. The average molecular weight is 451 g/mol. The molecule has 2 atom stereocenters. The third kappa shape index (κ3) is 5.42. The lowest BCUT2D eigenvalue weighted by molar-refractivity contribution is -0.138. The molecule has 170 valence electrons. The van der Waals surface area contributed by atoms with E-state index in [2.05, 4.69) is 0 Å². The number of carbonyl (C=O) groups is 2. The van der Waals surface area contributed by atoms with Crippen LogP contribution in [0.25, 0.3) is 28.1 Å². The summed E-state index contributed by atoms with van der Waals surface area (Å²) in [6.07, 6.45) is 1.78. The first-order valence-corrected chi connectivity index (χ1v) is 10.8. The second-order valence-electron chi connectivity index (χ2n) is 8.14. The molecule has 1 N–H and O–H groups in total. The number of halogens is 2. The number of benzene rings is 2. The smallest absolute Gasteiger partial charge is 0.306 e. The highest BCUT2D eigenvalue weighted by Gasteiger charge is 2.29. The highest BCUT2D eigenvalue weighted by Crippen LogP contribution is 2.45. The van der Waals surface area contributed by atoms with E-state index in [1.54, 1.807) is 24.3 Å². The van der Waals surface area contributed by atoms with Crippen LogP contribution < -0.4 is 0 Å². The van der Waals surface area contributed by atoms with Crippen molar-refractivity contribution in [3.05, 3.63) is 71.7 Å². The lowest BCUT2D eigenvalue weighted by atomic mass is 9.92. The molecular weight excluding hydrogens is 428 g/mol. The maximum absolute atomic E-state index is 14.1. The van der Waals surface area contributed by atoms with E-state index in [1.165, 1.54) is 12.1 Å². The van der Waals surface area contributed by atoms with Crippen LogP contribution in [0.5, 0.6) is 0 Å². The van der Waals surface area contributed by atoms with Crippen LogP contribution in [0.3, 0.4) is 0 Å². The van der Waals surface area contributed by atoms with Crippen molar-refractivity contribution < 1.29 is 28.2 Å². The monoisotopic (exact) mass is 451 g/mol. The minimum absolute atomic E-state index is 0.226. The number of pyridine rings is 1. The van der Waals surface area contributed by atoms with Gasteiger partial charge in [-0.15, -0.1) is 0 Å². The second-order valence-corrected chi connectivity index (χ2v) is 8.14. The number of hydrogen-bond acceptors (Lipinski definition) is 4. The summed E-state index contributed by atoms with van der Waals surface area (Å²) in [5.74, 6) is -1.33. The summed E-state index contributed by atoms with van der Waals surface area (Å²) in [4.78, 5) is 26.6. The van der Waals surface area contributed by atoms with E-state index in [0.29, 0.717) is 0 Å². The number of rotatable bonds is 10. The Balaban J connectivity index is 1.82. The molecule has 0 unspecified atom stereocenters. The standard InChI is InChI=1S/C26H23F2NO4/c27-18-9-7-16(8-10-18)25-21-3-1-2-4-23(21)29-26(17-5-6-17)22(25)12-11-20(33-15-30)13-19(28)14-24(31)32/h1-4,7-12,15,17,19-20H,5-6,13-14H2,(H,31,32)/b12-11+/t19-,20+/m0/s1. The van der Waals surface area contributed by atoms with Gasteiger partial charge in [0.1, 0.15) is 18.1 Å². The fraction of sp³-hybridized carbons (Fsp3) is 0.269. The highest BCUT2D eigenvalue weighted by molar-refractivity contribution is 5.99. The van der Waals surface area contributed by atoms with Gasteiger partial charge in [-0.1, -0.05) is 36.4 Å². The molecule has 0 radical (unpaired) electrons. The summed E-state index contributed by atoms with van der Waals surface area (Å²) in [7, 11) is 0. The van der Waals surface area contributed by atoms with Crippen molar-refractivity contribution in [2.75, 3.05) is 0 Å². The van der Waals surface area contributed by atoms with E-state index in [1.807, 2.05) is 24.3 Å². The maximum atomic E-state index is 14.1. The molecule has 0 spiro atoms. The van der Waals surface area contributed by atoms with Gasteiger partial charge in [0.15, 0.2) is 0 Å². The lowest BCUT2D eigenvalue weighted by Gasteiger charge is -2.17. The maximum Gasteiger partial charge on any atom is 0.306 e. The van der Waals surface area contributed by atoms with E-state index in [9.17, 15) is 18.4 Å². The van der Waals surface area contributed by atoms with Crippen molar-refractivity contribution in [3.8, 4) is 11.1 Å². The van der Waals surface area contributed by atoms with Crippen LogP contribution in [-0.2, 0) is 14.3 Å². The Morgan fingerprint density at radius 1 is 1.18 bits per heavy atom. The average Bonchev–Trinajstić information content (AvgIpc) is 3.62. The molecule has 1 fully saturated rings.